The molecule has 1 aromatic rings. The van der Waals surface area contributed by atoms with Crippen molar-refractivity contribution in [2.75, 3.05) is 0 Å². The van der Waals surface area contributed by atoms with Gasteiger partial charge in [0.05, 0.1) is 6.42 Å². The fraction of sp³-hybridized carbons (Fsp3) is 0.250. The van der Waals surface area contributed by atoms with E-state index in [1.807, 2.05) is 13.0 Å². The van der Waals surface area contributed by atoms with Gasteiger partial charge in [0.1, 0.15) is 0 Å². The number of carbonyl (C=O) groups excluding carboxylic acids is 1. The second kappa shape index (κ2) is 4.83. The molecule has 0 unspecified atom stereocenters. The highest BCUT2D eigenvalue weighted by Crippen LogP contribution is 2.16. The Hall–Kier alpha value is -1.26. The van der Waals surface area contributed by atoms with E-state index in [9.17, 15) is 4.79 Å². The smallest absolute Gasteiger partial charge is 0.175 e. The van der Waals surface area contributed by atoms with Crippen molar-refractivity contribution in [3.8, 4) is 11.8 Å². The molecule has 0 aromatic heterocycles. The molecule has 0 saturated carbocycles. The highest BCUT2D eigenvalue weighted by atomic mass is 35.5. The number of halogens is 1. The number of rotatable bonds is 2. The zero-order valence-corrected chi connectivity index (χ0v) is 8.98. The van der Waals surface area contributed by atoms with Crippen LogP contribution in [0.2, 0.25) is 5.02 Å². The molecular formula is C12H11ClO. The van der Waals surface area contributed by atoms with Crippen molar-refractivity contribution in [2.45, 2.75) is 20.3 Å². The van der Waals surface area contributed by atoms with Gasteiger partial charge in [-0.15, -0.1) is 5.92 Å². The summed E-state index contributed by atoms with van der Waals surface area (Å²) >= 11 is 5.81. The molecule has 0 amide bonds. The topological polar surface area (TPSA) is 17.1 Å². The number of Topliss-reactive ketones (excluding diaryl/α,β-unsaturated/α-hetero) is 1. The molecule has 0 aliphatic carbocycles. The van der Waals surface area contributed by atoms with Gasteiger partial charge in [-0.1, -0.05) is 23.6 Å². The lowest BCUT2D eigenvalue weighted by Crippen LogP contribution is -2.00. The van der Waals surface area contributed by atoms with Gasteiger partial charge in [-0.05, 0) is 31.5 Å². The van der Waals surface area contributed by atoms with Crippen LogP contribution < -0.4 is 0 Å². The average molecular weight is 207 g/mol. The lowest BCUT2D eigenvalue weighted by molar-refractivity contribution is 0.0997. The third-order valence-corrected chi connectivity index (χ3v) is 2.16. The number of aryl methyl sites for hydroxylation is 1. The van der Waals surface area contributed by atoms with E-state index in [1.165, 1.54) is 0 Å². The lowest BCUT2D eigenvalue weighted by atomic mass is 10.0. The van der Waals surface area contributed by atoms with E-state index in [-0.39, 0.29) is 12.2 Å². The van der Waals surface area contributed by atoms with Crippen LogP contribution in [0.15, 0.2) is 18.2 Å². The van der Waals surface area contributed by atoms with E-state index in [0.29, 0.717) is 10.6 Å². The van der Waals surface area contributed by atoms with Gasteiger partial charge in [0.15, 0.2) is 5.78 Å². The highest BCUT2D eigenvalue weighted by molar-refractivity contribution is 6.31. The molecule has 0 atom stereocenters. The maximum atomic E-state index is 11.6. The predicted octanol–water partition coefficient (Wildman–Crippen LogP) is 3.24. The molecule has 1 rings (SSSR count). The monoisotopic (exact) mass is 206 g/mol. The van der Waals surface area contributed by atoms with Crippen LogP contribution in [0.25, 0.3) is 0 Å². The number of ketones is 1. The van der Waals surface area contributed by atoms with Gasteiger partial charge < -0.3 is 0 Å². The minimum Gasteiger partial charge on any atom is -0.293 e. The van der Waals surface area contributed by atoms with E-state index in [1.54, 1.807) is 19.1 Å². The second-order valence-corrected chi connectivity index (χ2v) is 3.42. The summed E-state index contributed by atoms with van der Waals surface area (Å²) in [6, 6.07) is 5.31. The summed E-state index contributed by atoms with van der Waals surface area (Å²) < 4.78 is 0. The standard InChI is InChI=1S/C12H11ClO/c1-3-4-5-12(14)11-8-10(13)7-6-9(11)2/h6-8H,5H2,1-2H3. The minimum atomic E-state index is 0.0272. The van der Waals surface area contributed by atoms with Gasteiger partial charge in [-0.25, -0.2) is 0 Å². The Bertz CT molecular complexity index is 410. The minimum absolute atomic E-state index is 0.0272. The fourth-order valence-corrected chi connectivity index (χ4v) is 1.33. The molecule has 1 nitrogen and oxygen atoms in total. The van der Waals surface area contributed by atoms with Crippen LogP contribution >= 0.6 is 11.6 Å². The maximum absolute atomic E-state index is 11.6. The van der Waals surface area contributed by atoms with Crippen molar-refractivity contribution in [3.05, 3.63) is 34.3 Å². The Morgan fingerprint density at radius 1 is 1.50 bits per heavy atom. The Kier molecular flexibility index (Phi) is 3.73. The number of carbonyl (C=O) groups is 1. The molecule has 0 spiro atoms. The van der Waals surface area contributed by atoms with Gasteiger partial charge in [0.25, 0.3) is 0 Å². The molecule has 0 aliphatic rings. The van der Waals surface area contributed by atoms with Crippen molar-refractivity contribution in [1.29, 1.82) is 0 Å². The predicted molar refractivity (Wildman–Crippen MR) is 58.6 cm³/mol. The molecule has 0 heterocycles. The molecule has 0 radical (unpaired) electrons. The quantitative estimate of drug-likeness (QED) is 0.536. The Morgan fingerprint density at radius 2 is 2.21 bits per heavy atom. The van der Waals surface area contributed by atoms with Crippen molar-refractivity contribution in [1.82, 2.24) is 0 Å². The van der Waals surface area contributed by atoms with Crippen LogP contribution in [-0.2, 0) is 0 Å². The van der Waals surface area contributed by atoms with Crippen molar-refractivity contribution in [3.63, 3.8) is 0 Å². The van der Waals surface area contributed by atoms with E-state index >= 15 is 0 Å². The van der Waals surface area contributed by atoms with Crippen molar-refractivity contribution >= 4 is 17.4 Å². The molecule has 0 fully saturated rings. The van der Waals surface area contributed by atoms with Crippen LogP contribution in [-0.4, -0.2) is 5.78 Å². The van der Waals surface area contributed by atoms with Crippen molar-refractivity contribution < 1.29 is 4.79 Å². The molecule has 0 saturated heterocycles. The van der Waals surface area contributed by atoms with E-state index in [4.69, 9.17) is 11.6 Å². The van der Waals surface area contributed by atoms with E-state index < -0.39 is 0 Å². The average Bonchev–Trinajstić information content (AvgIpc) is 2.18. The summed E-state index contributed by atoms with van der Waals surface area (Å²) in [5.74, 6) is 5.48. The molecule has 1 aromatic carbocycles. The van der Waals surface area contributed by atoms with Crippen LogP contribution in [0, 0.1) is 18.8 Å². The Morgan fingerprint density at radius 3 is 2.86 bits per heavy atom. The summed E-state index contributed by atoms with van der Waals surface area (Å²) in [5.41, 5.74) is 1.61. The zero-order valence-electron chi connectivity index (χ0n) is 8.23. The van der Waals surface area contributed by atoms with E-state index in [0.717, 1.165) is 5.56 Å². The maximum Gasteiger partial charge on any atom is 0.175 e. The first-order chi connectivity index (χ1) is 6.65. The number of hydrogen-bond donors (Lipinski definition) is 0. The molecule has 14 heavy (non-hydrogen) atoms. The molecule has 0 bridgehead atoms. The Labute approximate surface area is 89.1 Å². The Balaban J connectivity index is 2.98. The first-order valence-electron chi connectivity index (χ1n) is 4.34. The molecule has 72 valence electrons. The van der Waals surface area contributed by atoms with Crippen LogP contribution in [0.4, 0.5) is 0 Å². The third kappa shape index (κ3) is 2.61. The van der Waals surface area contributed by atoms with Crippen LogP contribution in [0.1, 0.15) is 29.3 Å². The van der Waals surface area contributed by atoms with E-state index in [2.05, 4.69) is 11.8 Å². The summed E-state index contributed by atoms with van der Waals surface area (Å²) in [6.07, 6.45) is 0.262. The first-order valence-corrected chi connectivity index (χ1v) is 4.72. The molecular weight excluding hydrogens is 196 g/mol. The summed E-state index contributed by atoms with van der Waals surface area (Å²) in [7, 11) is 0. The highest BCUT2D eigenvalue weighted by Gasteiger charge is 2.07. The van der Waals surface area contributed by atoms with Crippen LogP contribution in [0.5, 0.6) is 0 Å². The second-order valence-electron chi connectivity index (χ2n) is 2.99. The van der Waals surface area contributed by atoms with Gasteiger partial charge in [0, 0.05) is 10.6 Å². The SMILES string of the molecule is CC#CCC(=O)c1cc(Cl)ccc1C. The van der Waals surface area contributed by atoms with Crippen molar-refractivity contribution in [2.24, 2.45) is 0 Å². The fourth-order valence-electron chi connectivity index (χ4n) is 1.16. The van der Waals surface area contributed by atoms with Crippen LogP contribution in [0.3, 0.4) is 0 Å². The van der Waals surface area contributed by atoms with Gasteiger partial charge in [-0.2, -0.15) is 0 Å². The number of hydrogen-bond acceptors (Lipinski definition) is 1. The van der Waals surface area contributed by atoms with Gasteiger partial charge >= 0.3 is 0 Å². The molecule has 2 heteroatoms. The third-order valence-electron chi connectivity index (χ3n) is 1.93. The summed E-state index contributed by atoms with van der Waals surface area (Å²) in [6.45, 7) is 3.61. The number of benzene rings is 1. The normalized spacial score (nSPS) is 9.07. The van der Waals surface area contributed by atoms with Gasteiger partial charge in [0.2, 0.25) is 0 Å². The molecule has 0 N–H and O–H groups in total. The summed E-state index contributed by atoms with van der Waals surface area (Å²) in [5, 5.41) is 0.586. The zero-order chi connectivity index (χ0) is 10.6. The summed E-state index contributed by atoms with van der Waals surface area (Å²) in [4.78, 5) is 11.6. The molecule has 0 aliphatic heterocycles. The van der Waals surface area contributed by atoms with Gasteiger partial charge in [-0.3, -0.25) is 4.79 Å². The lowest BCUT2D eigenvalue weighted by Gasteiger charge is -2.02. The first kappa shape index (κ1) is 10.8. The largest absolute Gasteiger partial charge is 0.293 e.